The number of hydrogen-bond acceptors (Lipinski definition) is 4. The first kappa shape index (κ1) is 18.4. The van der Waals surface area contributed by atoms with E-state index >= 15 is 0 Å². The van der Waals surface area contributed by atoms with Crippen LogP contribution in [0.2, 0.25) is 5.02 Å². The van der Waals surface area contributed by atoms with Crippen LogP contribution in [0, 0.1) is 0 Å². The molecule has 1 heterocycles. The van der Waals surface area contributed by atoms with Crippen molar-refractivity contribution >= 4 is 33.8 Å². The van der Waals surface area contributed by atoms with Crippen molar-refractivity contribution in [2.45, 2.75) is 24.3 Å². The molecule has 3 rings (SSSR count). The highest BCUT2D eigenvalue weighted by molar-refractivity contribution is 7.90. The second kappa shape index (κ2) is 7.88. The Kier molecular flexibility index (Phi) is 5.58. The minimum atomic E-state index is -3.83. The summed E-state index contributed by atoms with van der Waals surface area (Å²) in [5, 5.41) is 6.29. The SMILES string of the molecule is CCN=C(NS(=O)(=O)c1cccc(Cl)c1)N1N=CC[C@@H]1c1ccccc1. The van der Waals surface area contributed by atoms with Crippen LogP contribution in [0.1, 0.15) is 24.9 Å². The Morgan fingerprint density at radius 1 is 1.27 bits per heavy atom. The molecule has 0 saturated carbocycles. The first-order valence-corrected chi connectivity index (χ1v) is 10.1. The number of nitrogens with one attached hydrogen (secondary N) is 1. The largest absolute Gasteiger partial charge is 0.264 e. The zero-order valence-electron chi connectivity index (χ0n) is 14.2. The van der Waals surface area contributed by atoms with Crippen molar-refractivity contribution in [1.82, 2.24) is 9.73 Å². The smallest absolute Gasteiger partial charge is 0.251 e. The zero-order chi connectivity index (χ0) is 18.6. The molecule has 1 atom stereocenters. The maximum absolute atomic E-state index is 12.7. The lowest BCUT2D eigenvalue weighted by atomic mass is 10.1. The van der Waals surface area contributed by atoms with Crippen LogP contribution in [0.3, 0.4) is 0 Å². The number of hydrogen-bond donors (Lipinski definition) is 1. The van der Waals surface area contributed by atoms with E-state index in [4.69, 9.17) is 11.6 Å². The highest BCUT2D eigenvalue weighted by Crippen LogP contribution is 2.28. The van der Waals surface area contributed by atoms with E-state index in [0.29, 0.717) is 18.0 Å². The minimum absolute atomic E-state index is 0.0771. The Bertz CT molecular complexity index is 929. The van der Waals surface area contributed by atoms with Crippen molar-refractivity contribution in [2.24, 2.45) is 10.1 Å². The van der Waals surface area contributed by atoms with Gasteiger partial charge >= 0.3 is 0 Å². The Balaban J connectivity index is 1.90. The predicted molar refractivity (Wildman–Crippen MR) is 104 cm³/mol. The van der Waals surface area contributed by atoms with Gasteiger partial charge in [0, 0.05) is 24.2 Å². The van der Waals surface area contributed by atoms with E-state index in [0.717, 1.165) is 5.56 Å². The Hall–Kier alpha value is -2.38. The van der Waals surface area contributed by atoms with Gasteiger partial charge in [-0.05, 0) is 30.7 Å². The molecule has 1 aliphatic heterocycles. The van der Waals surface area contributed by atoms with E-state index in [9.17, 15) is 8.42 Å². The maximum Gasteiger partial charge on any atom is 0.264 e. The fourth-order valence-electron chi connectivity index (χ4n) is 2.68. The van der Waals surface area contributed by atoms with E-state index in [1.165, 1.54) is 12.1 Å². The molecule has 2 aromatic rings. The molecule has 0 saturated heterocycles. The second-order valence-corrected chi connectivity index (χ2v) is 7.78. The van der Waals surface area contributed by atoms with E-state index in [1.807, 2.05) is 37.3 Å². The van der Waals surface area contributed by atoms with Crippen molar-refractivity contribution < 1.29 is 8.42 Å². The second-order valence-electron chi connectivity index (χ2n) is 5.67. The summed E-state index contributed by atoms with van der Waals surface area (Å²) in [4.78, 5) is 4.40. The summed E-state index contributed by atoms with van der Waals surface area (Å²) in [5.74, 6) is 0.190. The van der Waals surface area contributed by atoms with Gasteiger partial charge in [-0.3, -0.25) is 4.99 Å². The minimum Gasteiger partial charge on any atom is -0.251 e. The normalized spacial score (nSPS) is 17.5. The monoisotopic (exact) mass is 390 g/mol. The lowest BCUT2D eigenvalue weighted by Gasteiger charge is -2.25. The lowest BCUT2D eigenvalue weighted by Crippen LogP contribution is -2.42. The maximum atomic E-state index is 12.7. The van der Waals surface area contributed by atoms with Crippen LogP contribution in [-0.2, 0) is 10.0 Å². The summed E-state index contributed by atoms with van der Waals surface area (Å²) >= 11 is 5.92. The number of hydrazone groups is 1. The molecule has 0 unspecified atom stereocenters. The summed E-state index contributed by atoms with van der Waals surface area (Å²) in [5.41, 5.74) is 1.04. The number of halogens is 1. The summed E-state index contributed by atoms with van der Waals surface area (Å²) in [6, 6.07) is 15.8. The van der Waals surface area contributed by atoms with Gasteiger partial charge in [0.2, 0.25) is 5.96 Å². The van der Waals surface area contributed by atoms with Crippen LogP contribution < -0.4 is 4.72 Å². The molecule has 8 heteroatoms. The van der Waals surface area contributed by atoms with E-state index in [2.05, 4.69) is 14.8 Å². The van der Waals surface area contributed by atoms with Gasteiger partial charge in [-0.25, -0.2) is 18.1 Å². The number of nitrogens with zero attached hydrogens (tertiary/aromatic N) is 3. The summed E-state index contributed by atoms with van der Waals surface area (Å²) in [7, 11) is -3.83. The molecule has 0 spiro atoms. The van der Waals surface area contributed by atoms with Gasteiger partial charge in [-0.1, -0.05) is 48.0 Å². The molecule has 0 fully saturated rings. The van der Waals surface area contributed by atoms with Gasteiger partial charge in [0.1, 0.15) is 0 Å². The fraction of sp³-hybridized carbons (Fsp3) is 0.222. The van der Waals surface area contributed by atoms with Gasteiger partial charge in [-0.2, -0.15) is 5.10 Å². The van der Waals surface area contributed by atoms with Crippen LogP contribution in [-0.4, -0.2) is 32.1 Å². The number of aliphatic imine (C=N–C) groups is 1. The quantitative estimate of drug-likeness (QED) is 0.642. The van der Waals surface area contributed by atoms with Crippen LogP contribution >= 0.6 is 11.6 Å². The van der Waals surface area contributed by atoms with Crippen molar-refractivity contribution in [2.75, 3.05) is 6.54 Å². The summed E-state index contributed by atoms with van der Waals surface area (Å²) in [6.07, 6.45) is 2.43. The van der Waals surface area contributed by atoms with Crippen molar-refractivity contribution in [3.05, 3.63) is 65.2 Å². The van der Waals surface area contributed by atoms with Crippen LogP contribution in [0.15, 0.2) is 69.6 Å². The number of benzene rings is 2. The van der Waals surface area contributed by atoms with E-state index in [1.54, 1.807) is 23.4 Å². The molecule has 26 heavy (non-hydrogen) atoms. The third kappa shape index (κ3) is 4.05. The Morgan fingerprint density at radius 2 is 2.04 bits per heavy atom. The molecule has 6 nitrogen and oxygen atoms in total. The van der Waals surface area contributed by atoms with Crippen molar-refractivity contribution in [1.29, 1.82) is 0 Å². The van der Waals surface area contributed by atoms with Gasteiger partial charge < -0.3 is 0 Å². The molecule has 136 valence electrons. The Morgan fingerprint density at radius 3 is 2.73 bits per heavy atom. The van der Waals surface area contributed by atoms with Gasteiger partial charge in [0.25, 0.3) is 10.0 Å². The standard InChI is InChI=1S/C18H19ClN4O2S/c1-2-20-18(22-26(24,25)16-10-6-9-15(19)13-16)23-17(11-12-21-23)14-7-4-3-5-8-14/h3-10,12-13,17H,2,11H2,1H3,(H,20,22)/t17-/m1/s1. The molecule has 0 aromatic heterocycles. The van der Waals surface area contributed by atoms with Crippen LogP contribution in [0.25, 0.3) is 0 Å². The van der Waals surface area contributed by atoms with Crippen LogP contribution in [0.5, 0.6) is 0 Å². The molecule has 0 radical (unpaired) electrons. The molecule has 0 aliphatic carbocycles. The lowest BCUT2D eigenvalue weighted by molar-refractivity contribution is 0.361. The third-order valence-corrected chi connectivity index (χ3v) is 5.43. The van der Waals surface area contributed by atoms with E-state index in [-0.39, 0.29) is 16.9 Å². The van der Waals surface area contributed by atoms with Gasteiger partial charge in [0.15, 0.2) is 0 Å². The predicted octanol–water partition coefficient (Wildman–Crippen LogP) is 3.43. The van der Waals surface area contributed by atoms with Gasteiger partial charge in [-0.15, -0.1) is 0 Å². The van der Waals surface area contributed by atoms with Crippen molar-refractivity contribution in [3.63, 3.8) is 0 Å². The molecule has 0 bridgehead atoms. The number of sulfonamides is 1. The van der Waals surface area contributed by atoms with Crippen LogP contribution in [0.4, 0.5) is 0 Å². The molecular formula is C18H19ClN4O2S. The molecule has 1 N–H and O–H groups in total. The number of rotatable bonds is 4. The average Bonchev–Trinajstić information content (AvgIpc) is 3.12. The summed E-state index contributed by atoms with van der Waals surface area (Å²) < 4.78 is 28.0. The van der Waals surface area contributed by atoms with E-state index < -0.39 is 10.0 Å². The first-order valence-electron chi connectivity index (χ1n) is 8.20. The average molecular weight is 391 g/mol. The topological polar surface area (TPSA) is 74.1 Å². The number of guanidine groups is 1. The molecular weight excluding hydrogens is 372 g/mol. The fourth-order valence-corrected chi connectivity index (χ4v) is 4.00. The highest BCUT2D eigenvalue weighted by Gasteiger charge is 2.29. The summed E-state index contributed by atoms with van der Waals surface area (Å²) in [6.45, 7) is 2.26. The third-order valence-electron chi connectivity index (χ3n) is 3.87. The van der Waals surface area contributed by atoms with Crippen molar-refractivity contribution in [3.8, 4) is 0 Å². The molecule has 1 aliphatic rings. The first-order chi connectivity index (χ1) is 12.5. The molecule has 0 amide bonds. The molecule has 2 aromatic carbocycles. The zero-order valence-corrected chi connectivity index (χ0v) is 15.8. The van der Waals surface area contributed by atoms with Gasteiger partial charge in [0.05, 0.1) is 10.9 Å². The highest BCUT2D eigenvalue weighted by atomic mass is 35.5. The Labute approximate surface area is 158 Å².